The van der Waals surface area contributed by atoms with E-state index in [1.54, 1.807) is 25.6 Å². The normalized spacial score (nSPS) is 10.6. The van der Waals surface area contributed by atoms with Gasteiger partial charge in [-0.3, -0.25) is 0 Å². The summed E-state index contributed by atoms with van der Waals surface area (Å²) in [6.45, 7) is 0. The highest BCUT2D eigenvalue weighted by molar-refractivity contribution is 9.11. The van der Waals surface area contributed by atoms with Gasteiger partial charge in [-0.05, 0) is 56.1 Å². The molecule has 2 heterocycles. The van der Waals surface area contributed by atoms with Crippen LogP contribution in [0, 0.1) is 0 Å². The van der Waals surface area contributed by atoms with Gasteiger partial charge in [0.2, 0.25) is 0 Å². The molecular weight excluding hydrogens is 490 g/mol. The van der Waals surface area contributed by atoms with Crippen molar-refractivity contribution in [3.05, 3.63) is 38.7 Å². The van der Waals surface area contributed by atoms with Crippen molar-refractivity contribution < 1.29 is 9.47 Å². The van der Waals surface area contributed by atoms with E-state index in [9.17, 15) is 0 Å². The van der Waals surface area contributed by atoms with Crippen molar-refractivity contribution in [3.63, 3.8) is 0 Å². The van der Waals surface area contributed by atoms with Crippen LogP contribution in [0.5, 0.6) is 11.5 Å². The van der Waals surface area contributed by atoms with Gasteiger partial charge in [-0.25, -0.2) is 9.97 Å². The molecule has 9 heteroatoms. The van der Waals surface area contributed by atoms with Crippen LogP contribution in [0.25, 0.3) is 20.4 Å². The Balaban J connectivity index is 0.000000146. The van der Waals surface area contributed by atoms with Gasteiger partial charge in [-0.15, -0.1) is 11.3 Å². The number of nitrogens with two attached hydrogens (primary N) is 1. The number of hydrogen-bond acceptors (Lipinski definition) is 7. The molecule has 130 valence electrons. The minimum absolute atomic E-state index is 0.573. The number of anilines is 1. The summed E-state index contributed by atoms with van der Waals surface area (Å²) in [4.78, 5) is 8.41. The number of ether oxygens (including phenoxy) is 2. The predicted molar refractivity (Wildman–Crippen MR) is 112 cm³/mol. The fourth-order valence-electron chi connectivity index (χ4n) is 2.16. The maximum absolute atomic E-state index is 5.60. The number of nitrogen functional groups attached to an aromatic ring is 1. The Hall–Kier alpha value is -1.42. The average Bonchev–Trinajstić information content (AvgIpc) is 3.23. The Labute approximate surface area is 169 Å². The zero-order valence-electron chi connectivity index (χ0n) is 13.2. The molecule has 0 fully saturated rings. The van der Waals surface area contributed by atoms with E-state index in [0.717, 1.165) is 36.2 Å². The van der Waals surface area contributed by atoms with Crippen molar-refractivity contribution in [3.8, 4) is 11.5 Å². The van der Waals surface area contributed by atoms with Crippen LogP contribution in [0.4, 0.5) is 5.13 Å². The number of fused-ring (bicyclic) bond motifs is 2. The highest BCUT2D eigenvalue weighted by atomic mass is 79.9. The van der Waals surface area contributed by atoms with Gasteiger partial charge >= 0.3 is 0 Å². The quantitative estimate of drug-likeness (QED) is 0.379. The average molecular weight is 503 g/mol. The molecule has 0 atom stereocenters. The topological polar surface area (TPSA) is 70.3 Å². The van der Waals surface area contributed by atoms with Crippen molar-refractivity contribution in [1.82, 2.24) is 9.97 Å². The van der Waals surface area contributed by atoms with Crippen molar-refractivity contribution in [2.24, 2.45) is 0 Å². The molecule has 2 aromatic heterocycles. The van der Waals surface area contributed by atoms with E-state index < -0.39 is 0 Å². The third kappa shape index (κ3) is 3.74. The van der Waals surface area contributed by atoms with Crippen LogP contribution in [0.1, 0.15) is 0 Å². The third-order valence-corrected chi connectivity index (χ3v) is 6.50. The molecule has 0 aliphatic rings. The molecule has 0 spiro atoms. The SMILES string of the molecule is COc1ccc2sc(N)nc2c1Br.COc1ccc2scnc2c1Br. The molecular formula is C16H13Br2N3O2S2. The Morgan fingerprint density at radius 2 is 1.52 bits per heavy atom. The van der Waals surface area contributed by atoms with Crippen LogP contribution in [0.3, 0.4) is 0 Å². The first-order chi connectivity index (χ1) is 12.0. The maximum atomic E-state index is 5.60. The summed E-state index contributed by atoms with van der Waals surface area (Å²) >= 11 is 9.95. The van der Waals surface area contributed by atoms with Gasteiger partial charge in [0.1, 0.15) is 17.0 Å². The van der Waals surface area contributed by atoms with E-state index in [1.165, 1.54) is 16.0 Å². The summed E-state index contributed by atoms with van der Waals surface area (Å²) in [6, 6.07) is 7.79. The van der Waals surface area contributed by atoms with Crippen LogP contribution in [-0.2, 0) is 0 Å². The van der Waals surface area contributed by atoms with E-state index in [0.29, 0.717) is 5.13 Å². The first-order valence-electron chi connectivity index (χ1n) is 6.99. The van der Waals surface area contributed by atoms with Crippen molar-refractivity contribution in [2.45, 2.75) is 0 Å². The highest BCUT2D eigenvalue weighted by Gasteiger charge is 2.09. The van der Waals surface area contributed by atoms with Gasteiger partial charge in [0.25, 0.3) is 0 Å². The number of benzene rings is 2. The monoisotopic (exact) mass is 501 g/mol. The van der Waals surface area contributed by atoms with E-state index in [4.69, 9.17) is 15.2 Å². The van der Waals surface area contributed by atoms with Crippen LogP contribution >= 0.6 is 54.5 Å². The lowest BCUT2D eigenvalue weighted by Gasteiger charge is -2.01. The maximum Gasteiger partial charge on any atom is 0.181 e. The largest absolute Gasteiger partial charge is 0.495 e. The number of nitrogens with zero attached hydrogens (tertiary/aromatic N) is 2. The molecule has 25 heavy (non-hydrogen) atoms. The number of rotatable bonds is 2. The van der Waals surface area contributed by atoms with E-state index >= 15 is 0 Å². The summed E-state index contributed by atoms with van der Waals surface area (Å²) < 4.78 is 14.3. The minimum Gasteiger partial charge on any atom is -0.495 e. The first-order valence-corrected chi connectivity index (χ1v) is 10.3. The Bertz CT molecular complexity index is 1030. The Morgan fingerprint density at radius 3 is 2.16 bits per heavy atom. The standard InChI is InChI=1S/C8H7BrN2OS.C8H6BrNOS/c1-12-4-2-3-5-7(6(4)9)11-8(10)13-5;1-11-5-2-3-6-8(7(5)9)10-4-12-6/h2-3H,1H3,(H2,10,11);2-4H,1H3. The second-order valence-electron chi connectivity index (χ2n) is 4.76. The summed E-state index contributed by atoms with van der Waals surface area (Å²) in [6.07, 6.45) is 0. The van der Waals surface area contributed by atoms with Crippen LogP contribution in [0.2, 0.25) is 0 Å². The lowest BCUT2D eigenvalue weighted by atomic mass is 10.3. The summed E-state index contributed by atoms with van der Waals surface area (Å²) in [5.41, 5.74) is 9.26. The van der Waals surface area contributed by atoms with Crippen LogP contribution < -0.4 is 15.2 Å². The van der Waals surface area contributed by atoms with Crippen molar-refractivity contribution in [2.75, 3.05) is 20.0 Å². The second kappa shape index (κ2) is 7.86. The molecule has 0 saturated carbocycles. The Kier molecular flexibility index (Phi) is 5.78. The zero-order valence-corrected chi connectivity index (χ0v) is 18.1. The molecule has 0 unspecified atom stereocenters. The molecule has 0 saturated heterocycles. The first kappa shape index (κ1) is 18.4. The number of aromatic nitrogens is 2. The molecule has 5 nitrogen and oxygen atoms in total. The van der Waals surface area contributed by atoms with E-state index in [2.05, 4.69) is 41.8 Å². The minimum atomic E-state index is 0.573. The summed E-state index contributed by atoms with van der Waals surface area (Å²) in [5.74, 6) is 1.60. The van der Waals surface area contributed by atoms with E-state index in [-0.39, 0.29) is 0 Å². The van der Waals surface area contributed by atoms with Crippen LogP contribution in [0.15, 0.2) is 38.7 Å². The van der Waals surface area contributed by atoms with Crippen LogP contribution in [-0.4, -0.2) is 24.2 Å². The fraction of sp³-hybridized carbons (Fsp3) is 0.125. The van der Waals surface area contributed by atoms with Gasteiger partial charge in [0.05, 0.1) is 43.6 Å². The lowest BCUT2D eigenvalue weighted by molar-refractivity contribution is 0.412. The molecule has 0 radical (unpaired) electrons. The number of halogens is 2. The van der Waals surface area contributed by atoms with Gasteiger partial charge in [-0.1, -0.05) is 11.3 Å². The lowest BCUT2D eigenvalue weighted by Crippen LogP contribution is -1.85. The molecule has 4 rings (SSSR count). The fourth-order valence-corrected chi connectivity index (χ4v) is 5.05. The zero-order chi connectivity index (χ0) is 18.0. The van der Waals surface area contributed by atoms with E-state index in [1.807, 2.05) is 29.8 Å². The molecule has 2 aromatic carbocycles. The number of thiazole rings is 2. The molecule has 0 aliphatic heterocycles. The van der Waals surface area contributed by atoms with Crippen molar-refractivity contribution in [1.29, 1.82) is 0 Å². The van der Waals surface area contributed by atoms with Gasteiger partial charge in [-0.2, -0.15) is 0 Å². The van der Waals surface area contributed by atoms with Gasteiger partial charge in [0.15, 0.2) is 5.13 Å². The second-order valence-corrected chi connectivity index (χ2v) is 8.30. The molecule has 2 N–H and O–H groups in total. The smallest absolute Gasteiger partial charge is 0.181 e. The van der Waals surface area contributed by atoms with Gasteiger partial charge in [0, 0.05) is 0 Å². The summed E-state index contributed by atoms with van der Waals surface area (Å²) in [5, 5.41) is 0.573. The number of methoxy groups -OCH3 is 2. The van der Waals surface area contributed by atoms with Gasteiger partial charge < -0.3 is 15.2 Å². The molecule has 0 amide bonds. The highest BCUT2D eigenvalue weighted by Crippen LogP contribution is 2.36. The third-order valence-electron chi connectivity index (χ3n) is 3.33. The number of hydrogen-bond donors (Lipinski definition) is 1. The molecule has 0 bridgehead atoms. The molecule has 0 aliphatic carbocycles. The summed E-state index contributed by atoms with van der Waals surface area (Å²) in [7, 11) is 3.28. The Morgan fingerprint density at radius 1 is 0.920 bits per heavy atom. The predicted octanol–water partition coefficient (Wildman–Crippen LogP) is 5.72. The van der Waals surface area contributed by atoms with Crippen molar-refractivity contribution >= 4 is 80.1 Å². The molecule has 4 aromatic rings.